The highest BCUT2D eigenvalue weighted by molar-refractivity contribution is 7.10. The van der Waals surface area contributed by atoms with E-state index in [1.54, 1.807) is 11.3 Å². The molecule has 100 valence electrons. The minimum atomic E-state index is -0.906. The Balaban J connectivity index is 1.88. The van der Waals surface area contributed by atoms with Crippen molar-refractivity contribution >= 4 is 17.3 Å². The number of hydrogen-bond donors (Lipinski definition) is 1. The van der Waals surface area contributed by atoms with Gasteiger partial charge in [0.1, 0.15) is 6.61 Å². The molecule has 1 saturated heterocycles. The van der Waals surface area contributed by atoms with Crippen molar-refractivity contribution in [2.24, 2.45) is 0 Å². The van der Waals surface area contributed by atoms with Crippen molar-refractivity contribution in [2.45, 2.75) is 32.4 Å². The van der Waals surface area contributed by atoms with Gasteiger partial charge < -0.3 is 9.84 Å². The van der Waals surface area contributed by atoms with Crippen LogP contribution in [-0.2, 0) is 9.53 Å². The van der Waals surface area contributed by atoms with Gasteiger partial charge in [-0.3, -0.25) is 4.90 Å². The topological polar surface area (TPSA) is 49.8 Å². The molecule has 0 bridgehead atoms. The Morgan fingerprint density at radius 3 is 2.83 bits per heavy atom. The van der Waals surface area contributed by atoms with Crippen molar-refractivity contribution in [3.05, 3.63) is 21.9 Å². The predicted molar refractivity (Wildman–Crippen MR) is 71.0 cm³/mol. The quantitative estimate of drug-likeness (QED) is 0.891. The summed E-state index contributed by atoms with van der Waals surface area (Å²) in [5.74, 6) is -0.906. The molecule has 18 heavy (non-hydrogen) atoms. The van der Waals surface area contributed by atoms with E-state index < -0.39 is 5.97 Å². The van der Waals surface area contributed by atoms with Crippen LogP contribution in [0.3, 0.4) is 0 Å². The average molecular weight is 269 g/mol. The van der Waals surface area contributed by atoms with E-state index in [4.69, 9.17) is 9.84 Å². The number of carbonyl (C=O) groups is 1. The minimum Gasteiger partial charge on any atom is -0.480 e. The average Bonchev–Trinajstić information content (AvgIpc) is 2.68. The molecular formula is C13H19NO3S. The SMILES string of the molecule is Cc1ccsc1C(C)N1CC(C)(OCC(=O)O)C1. The summed E-state index contributed by atoms with van der Waals surface area (Å²) in [6.45, 7) is 7.66. The van der Waals surface area contributed by atoms with Crippen molar-refractivity contribution in [1.29, 1.82) is 0 Å². The largest absolute Gasteiger partial charge is 0.480 e. The van der Waals surface area contributed by atoms with Gasteiger partial charge in [0, 0.05) is 24.0 Å². The number of carboxylic acid groups (broad SMARTS) is 1. The molecule has 2 heterocycles. The number of likely N-dealkylation sites (tertiary alicyclic amines) is 1. The van der Waals surface area contributed by atoms with Crippen molar-refractivity contribution < 1.29 is 14.6 Å². The normalized spacial score (nSPS) is 20.4. The molecule has 1 aromatic rings. The van der Waals surface area contributed by atoms with Gasteiger partial charge in [-0.1, -0.05) is 0 Å². The number of thiophene rings is 1. The molecule has 0 aromatic carbocycles. The summed E-state index contributed by atoms with van der Waals surface area (Å²) < 4.78 is 5.42. The number of rotatable bonds is 5. The third kappa shape index (κ3) is 2.74. The van der Waals surface area contributed by atoms with Crippen LogP contribution in [0.5, 0.6) is 0 Å². The fourth-order valence-corrected chi connectivity index (χ4v) is 3.41. The fourth-order valence-electron chi connectivity index (χ4n) is 2.39. The van der Waals surface area contributed by atoms with Crippen LogP contribution in [0.25, 0.3) is 0 Å². The molecule has 0 spiro atoms. The third-order valence-corrected chi connectivity index (χ3v) is 4.64. The van der Waals surface area contributed by atoms with Crippen LogP contribution in [0, 0.1) is 6.92 Å². The van der Waals surface area contributed by atoms with Gasteiger partial charge in [-0.15, -0.1) is 11.3 Å². The first-order valence-corrected chi connectivity index (χ1v) is 6.93. The minimum absolute atomic E-state index is 0.212. The summed E-state index contributed by atoms with van der Waals surface area (Å²) in [6.07, 6.45) is 0. The van der Waals surface area contributed by atoms with E-state index in [0.29, 0.717) is 6.04 Å². The van der Waals surface area contributed by atoms with Crippen LogP contribution in [0.2, 0.25) is 0 Å². The van der Waals surface area contributed by atoms with Crippen molar-refractivity contribution in [3.8, 4) is 0 Å². The second-order valence-electron chi connectivity index (χ2n) is 5.18. The van der Waals surface area contributed by atoms with Gasteiger partial charge in [0.2, 0.25) is 0 Å². The van der Waals surface area contributed by atoms with Crippen molar-refractivity contribution in [3.63, 3.8) is 0 Å². The molecule has 1 aliphatic rings. The van der Waals surface area contributed by atoms with Gasteiger partial charge in [-0.05, 0) is 37.8 Å². The van der Waals surface area contributed by atoms with Gasteiger partial charge in [-0.25, -0.2) is 4.79 Å². The molecule has 5 heteroatoms. The number of aliphatic carboxylic acids is 1. The lowest BCUT2D eigenvalue weighted by molar-refractivity contribution is -0.169. The lowest BCUT2D eigenvalue weighted by Crippen LogP contribution is -2.62. The van der Waals surface area contributed by atoms with Crippen LogP contribution in [-0.4, -0.2) is 41.3 Å². The molecule has 0 aliphatic carbocycles. The van der Waals surface area contributed by atoms with Crippen LogP contribution in [0.15, 0.2) is 11.4 Å². The summed E-state index contributed by atoms with van der Waals surface area (Å²) in [7, 11) is 0. The Labute approximate surface area is 111 Å². The highest BCUT2D eigenvalue weighted by Crippen LogP contribution is 2.36. The molecular weight excluding hydrogens is 250 g/mol. The second-order valence-corrected chi connectivity index (χ2v) is 6.13. The molecule has 0 amide bonds. The number of carboxylic acids is 1. The summed E-state index contributed by atoms with van der Waals surface area (Å²) >= 11 is 1.78. The summed E-state index contributed by atoms with van der Waals surface area (Å²) in [5, 5.41) is 10.7. The zero-order valence-electron chi connectivity index (χ0n) is 11.0. The lowest BCUT2D eigenvalue weighted by Gasteiger charge is -2.50. The fraction of sp³-hybridized carbons (Fsp3) is 0.615. The van der Waals surface area contributed by atoms with Gasteiger partial charge >= 0.3 is 5.97 Å². The summed E-state index contributed by atoms with van der Waals surface area (Å²) in [5.41, 5.74) is 1.02. The molecule has 4 nitrogen and oxygen atoms in total. The molecule has 1 aliphatic heterocycles. The smallest absolute Gasteiger partial charge is 0.329 e. The van der Waals surface area contributed by atoms with E-state index in [2.05, 4.69) is 30.2 Å². The first-order chi connectivity index (χ1) is 8.41. The van der Waals surface area contributed by atoms with Gasteiger partial charge in [0.15, 0.2) is 0 Å². The maximum atomic E-state index is 10.5. The molecule has 1 unspecified atom stereocenters. The molecule has 2 rings (SSSR count). The Hall–Kier alpha value is -0.910. The Kier molecular flexibility index (Phi) is 3.75. The van der Waals surface area contributed by atoms with Crippen LogP contribution < -0.4 is 0 Å². The Morgan fingerprint density at radius 1 is 1.67 bits per heavy atom. The Morgan fingerprint density at radius 2 is 2.33 bits per heavy atom. The lowest BCUT2D eigenvalue weighted by atomic mass is 9.93. The number of ether oxygens (including phenoxy) is 1. The maximum absolute atomic E-state index is 10.5. The third-order valence-electron chi connectivity index (χ3n) is 3.45. The highest BCUT2D eigenvalue weighted by Gasteiger charge is 2.42. The van der Waals surface area contributed by atoms with Crippen molar-refractivity contribution in [1.82, 2.24) is 4.90 Å². The van der Waals surface area contributed by atoms with E-state index in [9.17, 15) is 4.79 Å². The van der Waals surface area contributed by atoms with E-state index in [0.717, 1.165) is 13.1 Å². The van der Waals surface area contributed by atoms with Gasteiger partial charge in [-0.2, -0.15) is 0 Å². The first kappa shape index (κ1) is 13.5. The molecule has 0 radical (unpaired) electrons. The van der Waals surface area contributed by atoms with Gasteiger partial charge in [0.05, 0.1) is 5.60 Å². The Bertz CT molecular complexity index is 437. The van der Waals surface area contributed by atoms with E-state index in [1.165, 1.54) is 10.4 Å². The van der Waals surface area contributed by atoms with Crippen molar-refractivity contribution in [2.75, 3.05) is 19.7 Å². The number of aryl methyl sites for hydroxylation is 1. The molecule has 1 N–H and O–H groups in total. The molecule has 0 saturated carbocycles. The van der Waals surface area contributed by atoms with E-state index >= 15 is 0 Å². The first-order valence-electron chi connectivity index (χ1n) is 6.05. The predicted octanol–water partition coefficient (Wildman–Crippen LogP) is 2.29. The molecule has 1 atom stereocenters. The zero-order valence-corrected chi connectivity index (χ0v) is 11.8. The van der Waals surface area contributed by atoms with E-state index in [-0.39, 0.29) is 12.2 Å². The standard InChI is InChI=1S/C13H19NO3S/c1-9-4-5-18-12(9)10(2)14-7-13(3,8-14)17-6-11(15)16/h4-5,10H,6-8H2,1-3H3,(H,15,16). The van der Waals surface area contributed by atoms with E-state index in [1.807, 2.05) is 6.92 Å². The van der Waals surface area contributed by atoms with Crippen LogP contribution in [0.1, 0.15) is 30.3 Å². The second kappa shape index (κ2) is 4.99. The van der Waals surface area contributed by atoms with Crippen LogP contribution >= 0.6 is 11.3 Å². The zero-order chi connectivity index (χ0) is 13.3. The van der Waals surface area contributed by atoms with Gasteiger partial charge in [0.25, 0.3) is 0 Å². The highest BCUT2D eigenvalue weighted by atomic mass is 32.1. The number of hydrogen-bond acceptors (Lipinski definition) is 4. The summed E-state index contributed by atoms with van der Waals surface area (Å²) in [6, 6.07) is 2.52. The summed E-state index contributed by atoms with van der Waals surface area (Å²) in [4.78, 5) is 14.2. The monoisotopic (exact) mass is 269 g/mol. The molecule has 1 fully saturated rings. The van der Waals surface area contributed by atoms with Crippen LogP contribution in [0.4, 0.5) is 0 Å². The number of nitrogens with zero attached hydrogens (tertiary/aromatic N) is 1. The molecule has 1 aromatic heterocycles. The maximum Gasteiger partial charge on any atom is 0.329 e.